The zero-order valence-corrected chi connectivity index (χ0v) is 73.7. The lowest BCUT2D eigenvalue weighted by molar-refractivity contribution is -0.191. The molecule has 0 aliphatic carbocycles. The molecule has 12 aromatic heterocycles. The number of methoxy groups -OCH3 is 1. The Kier molecular flexibility index (Phi) is 31.2. The minimum absolute atomic E-state index is 0.173. The van der Waals surface area contributed by atoms with Crippen LogP contribution in [0.1, 0.15) is 85.7 Å². The fourth-order valence-corrected chi connectivity index (χ4v) is 14.5. The molecule has 1 amide bonds. The maximum atomic E-state index is 12.6. The third-order valence-corrected chi connectivity index (χ3v) is 20.9. The van der Waals surface area contributed by atoms with Crippen molar-refractivity contribution in [2.75, 3.05) is 34.3 Å². The molecule has 1 aliphatic rings. The Hall–Kier alpha value is -16.9. The first-order valence-electron chi connectivity index (χ1n) is 41.4. The number of rotatable bonds is 17. The summed E-state index contributed by atoms with van der Waals surface area (Å²) in [4.78, 5) is 57.9. The number of nitrogens with zero attached hydrogens (tertiary/aromatic N) is 26. The molecule has 0 radical (unpaired) electrons. The first-order valence-corrected chi connectivity index (χ1v) is 42.2. The predicted octanol–water partition coefficient (Wildman–Crippen LogP) is 16.0. The summed E-state index contributed by atoms with van der Waals surface area (Å²) in [6.45, 7) is 8.18. The molecule has 35 heteroatoms. The van der Waals surface area contributed by atoms with E-state index in [-0.39, 0.29) is 18.0 Å². The largest absolute Gasteiger partial charge is 0.465 e. The average molecular weight is 1800 g/mol. The summed E-state index contributed by atoms with van der Waals surface area (Å²) in [6.07, 6.45) is 15.0. The van der Waals surface area contributed by atoms with E-state index in [0.717, 1.165) is 110 Å². The Morgan fingerprint density at radius 2 is 0.833 bits per heavy atom. The molecule has 658 valence electrons. The van der Waals surface area contributed by atoms with E-state index < -0.39 is 5.97 Å². The molecule has 33 nitrogen and oxygen atoms in total. The molecule has 20 aromatic rings. The molecule has 1 fully saturated rings. The third kappa shape index (κ3) is 22.2. The van der Waals surface area contributed by atoms with E-state index >= 15 is 0 Å². The number of fused-ring (bicyclic) bond motifs is 6. The molecule has 0 saturated carbocycles. The molecular formula is C97H85Cl2N27O6. The summed E-state index contributed by atoms with van der Waals surface area (Å²) in [5, 5.41) is 76.0. The van der Waals surface area contributed by atoms with Crippen LogP contribution in [0.5, 0.6) is 0 Å². The number of hydrogen-bond donors (Lipinski definition) is 1. The summed E-state index contributed by atoms with van der Waals surface area (Å²) >= 11 is 11.4. The third-order valence-electron chi connectivity index (χ3n) is 20.6. The predicted molar refractivity (Wildman–Crippen MR) is 499 cm³/mol. The van der Waals surface area contributed by atoms with E-state index in [1.54, 1.807) is 65.6 Å². The van der Waals surface area contributed by atoms with Crippen molar-refractivity contribution in [3.05, 3.63) is 366 Å². The van der Waals surface area contributed by atoms with Crippen LogP contribution in [0.15, 0.2) is 316 Å². The Morgan fingerprint density at radius 1 is 0.470 bits per heavy atom. The lowest BCUT2D eigenvalue weighted by Crippen LogP contribution is -2.24. The highest BCUT2D eigenvalue weighted by atomic mass is 35.5. The normalized spacial score (nSPS) is 12.1. The molecule has 0 spiro atoms. The van der Waals surface area contributed by atoms with Gasteiger partial charge in [0, 0.05) is 122 Å². The van der Waals surface area contributed by atoms with E-state index in [1.807, 2.05) is 274 Å². The summed E-state index contributed by atoms with van der Waals surface area (Å²) in [5.74, 6) is 4.63. The van der Waals surface area contributed by atoms with Gasteiger partial charge in [-0.15, -0.1) is 61.2 Å². The van der Waals surface area contributed by atoms with Gasteiger partial charge >= 0.3 is 12.1 Å². The fourth-order valence-electron chi connectivity index (χ4n) is 14.1. The van der Waals surface area contributed by atoms with Gasteiger partial charge < -0.3 is 14.5 Å². The number of ether oxygens (including phenoxy) is 1. The lowest BCUT2D eigenvalue weighted by atomic mass is 9.97. The van der Waals surface area contributed by atoms with E-state index in [4.69, 9.17) is 37.7 Å². The van der Waals surface area contributed by atoms with Crippen LogP contribution >= 0.6 is 23.4 Å². The molecule has 1 saturated heterocycles. The highest BCUT2D eigenvalue weighted by molar-refractivity contribution is 6.29. The van der Waals surface area contributed by atoms with Gasteiger partial charge in [-0.05, 0) is 109 Å². The SMILES string of the molecule is CCC(CNCl)c1ccccc1.CN(C)/C=C/c1ccnn2c(-c3ccccc3)nnc12.COC(=O)c1ccnn2c(-c3ccccc3)nnc12.Cc1cc(Cl)nn2c(-c3ccccc3)nnc12.Cc1ccnn2c(-c3ccccc3)nnc12.O=C1CC(c2ccccc2)CN1Cc1ccnn2c(-c3ccccc3)nnc12.O=C=O.O=Cc1ccnn2c(-c3ccccc3)nnc12. The van der Waals surface area contributed by atoms with Gasteiger partial charge in [-0.3, -0.25) is 9.59 Å². The number of carbonyl (C=O) groups excluding carboxylic acids is 5. The molecule has 2 atom stereocenters. The van der Waals surface area contributed by atoms with Gasteiger partial charge in [0.15, 0.2) is 80.3 Å². The van der Waals surface area contributed by atoms with Gasteiger partial charge in [0.1, 0.15) is 5.56 Å². The van der Waals surface area contributed by atoms with Crippen LogP contribution in [0, 0.1) is 13.8 Å². The maximum absolute atomic E-state index is 12.6. The van der Waals surface area contributed by atoms with Crippen LogP contribution in [0.3, 0.4) is 0 Å². The highest BCUT2D eigenvalue weighted by Gasteiger charge is 2.32. The van der Waals surface area contributed by atoms with Gasteiger partial charge in [0.2, 0.25) is 5.91 Å². The number of hydrogen-bond acceptors (Lipinski definition) is 26. The molecule has 0 bridgehead atoms. The second kappa shape index (κ2) is 45.0. The monoisotopic (exact) mass is 1790 g/mol. The van der Waals surface area contributed by atoms with Crippen LogP contribution < -0.4 is 4.84 Å². The Balaban J connectivity index is 0.000000125. The highest BCUT2D eigenvalue weighted by Crippen LogP contribution is 2.32. The smallest absolute Gasteiger partial charge is 0.373 e. The summed E-state index contributed by atoms with van der Waals surface area (Å²) in [7, 11) is 5.29. The minimum Gasteiger partial charge on any atom is -0.465 e. The number of nitrogens with one attached hydrogen (secondary N) is 1. The topological polar surface area (TPSA) is 372 Å². The average Bonchev–Trinajstić information content (AvgIpc) is 1.69. The summed E-state index contributed by atoms with van der Waals surface area (Å²) in [6, 6.07) is 90.1. The zero-order valence-electron chi connectivity index (χ0n) is 72.2. The molecule has 132 heavy (non-hydrogen) atoms. The number of esters is 1. The van der Waals surface area contributed by atoms with Crippen LogP contribution in [-0.2, 0) is 25.7 Å². The molecule has 2 unspecified atom stereocenters. The number of aldehydes is 1. The van der Waals surface area contributed by atoms with Crippen molar-refractivity contribution in [3.63, 3.8) is 0 Å². The van der Waals surface area contributed by atoms with Gasteiger partial charge in [0.05, 0.1) is 12.7 Å². The van der Waals surface area contributed by atoms with Crippen molar-refractivity contribution < 1.29 is 28.7 Å². The number of halogens is 2. The fraction of sp³-hybridized carbons (Fsp3) is 0.134. The molecule has 13 heterocycles. The molecule has 8 aromatic carbocycles. The van der Waals surface area contributed by atoms with Gasteiger partial charge in [-0.2, -0.15) is 67.3 Å². The van der Waals surface area contributed by atoms with Crippen LogP contribution in [0.4, 0.5) is 0 Å². The van der Waals surface area contributed by atoms with Crippen molar-refractivity contribution in [2.24, 2.45) is 0 Å². The van der Waals surface area contributed by atoms with Crippen molar-refractivity contribution in [2.45, 2.75) is 52.0 Å². The summed E-state index contributed by atoms with van der Waals surface area (Å²) < 4.78 is 14.8. The number of carbonyl (C=O) groups is 3. The van der Waals surface area contributed by atoms with Crippen LogP contribution in [-0.4, -0.2) is 187 Å². The standard InChI is InChI=1S/C22H19N5O.C15H15N5.C13H10N4O2.C12H9ClN4.C12H8N4O.C12H10N4.C10H14ClN.CO2/c28-20-13-19(16-7-3-1-4-8-16)15-26(20)14-18-11-12-23-27-21(24-25-22(18)27)17-9-5-2-6-10-17;1-19(2)11-9-13-8-10-16-20-14(17-18-15(13)20)12-6-4-3-5-7-12;1-19-13(18)10-7-8-14-17-11(15-16-12(10)17)9-5-3-2-4-6-9;1-8-7-10(13)16-17-11(8)14-15-12(17)9-5-3-2-4-6-9;17-8-10-6-7-13-16-11(14-15-12(10)16)9-4-2-1-3-5-9;1-9-7-8-13-16-11(9)14-15-12(16)10-5-3-2-4-6-10;1-2-9(8-12-11)10-6-4-3-5-7-10;2-1-3/h1-12,19H,13-15H2;3-11H,1-2H3;2-8H,1H3;2-7H,1H3;1-8H;2-8H,1H3;3-7,9,12H,2,8H2,1H3;/b;11-9+;;;;;;. The van der Waals surface area contributed by atoms with Crippen LogP contribution in [0.2, 0.25) is 5.15 Å². The van der Waals surface area contributed by atoms with Gasteiger partial charge in [-0.1, -0.05) is 261 Å². The van der Waals surface area contributed by atoms with E-state index in [1.165, 1.54) is 28.9 Å². The van der Waals surface area contributed by atoms with Crippen LogP contribution in [0.25, 0.3) is 108 Å². The quantitative estimate of drug-likeness (QED) is 0.0502. The second-order valence-electron chi connectivity index (χ2n) is 29.5. The van der Waals surface area contributed by atoms with Crippen molar-refractivity contribution in [1.29, 1.82) is 0 Å². The lowest BCUT2D eigenvalue weighted by Gasteiger charge is -2.17. The van der Waals surface area contributed by atoms with E-state index in [0.29, 0.717) is 75.4 Å². The zero-order chi connectivity index (χ0) is 92.1. The van der Waals surface area contributed by atoms with Gasteiger partial charge in [0.25, 0.3) is 0 Å². The molecular weight excluding hydrogens is 1710 g/mol. The Labute approximate surface area is 765 Å². The van der Waals surface area contributed by atoms with Gasteiger partial charge in [-0.25, -0.2) is 9.63 Å². The Morgan fingerprint density at radius 3 is 1.27 bits per heavy atom. The van der Waals surface area contributed by atoms with Crippen molar-refractivity contribution >= 4 is 87.7 Å². The molecule has 1 N–H and O–H groups in total. The number of benzene rings is 8. The van der Waals surface area contributed by atoms with E-state index in [9.17, 15) is 14.4 Å². The number of amides is 1. The second-order valence-corrected chi connectivity index (χ2v) is 30.2. The Bertz CT molecular complexity index is 7260. The van der Waals surface area contributed by atoms with E-state index in [2.05, 4.69) is 140 Å². The van der Waals surface area contributed by atoms with Crippen molar-refractivity contribution in [1.82, 2.24) is 134 Å². The first kappa shape index (κ1) is 91.3. The number of aromatic nitrogens is 24. The first-order chi connectivity index (χ1) is 64.7. The molecule has 1 aliphatic heterocycles. The number of likely N-dealkylation sites (tertiary alicyclic amines) is 1. The minimum atomic E-state index is -0.459. The summed E-state index contributed by atoms with van der Waals surface area (Å²) in [5.41, 5.74) is 16.9. The van der Waals surface area contributed by atoms with Crippen molar-refractivity contribution in [3.8, 4) is 68.3 Å². The molecule has 21 rings (SSSR count). The number of aryl methyl sites for hydroxylation is 2. The maximum Gasteiger partial charge on any atom is 0.373 e.